The Morgan fingerprint density at radius 2 is 1.66 bits per heavy atom. The van der Waals surface area contributed by atoms with Crippen molar-refractivity contribution in [1.29, 1.82) is 0 Å². The van der Waals surface area contributed by atoms with Crippen molar-refractivity contribution in [2.45, 2.75) is 13.5 Å². The van der Waals surface area contributed by atoms with Crippen LogP contribution in [0.4, 0.5) is 10.3 Å². The minimum atomic E-state index is -0.400. The van der Waals surface area contributed by atoms with Crippen molar-refractivity contribution in [1.82, 2.24) is 14.8 Å². The topological polar surface area (TPSA) is 59.8 Å². The Kier molecular flexibility index (Phi) is 5.16. The fraction of sp³-hybridized carbons (Fsp3) is 0.0870. The molecule has 29 heavy (non-hydrogen) atoms. The van der Waals surface area contributed by atoms with Crippen molar-refractivity contribution in [3.63, 3.8) is 0 Å². The van der Waals surface area contributed by atoms with Gasteiger partial charge in [-0.3, -0.25) is 4.79 Å². The number of halogens is 1. The van der Waals surface area contributed by atoms with Gasteiger partial charge >= 0.3 is 0 Å². The van der Waals surface area contributed by atoms with Gasteiger partial charge in [0.2, 0.25) is 5.95 Å². The first-order chi connectivity index (χ1) is 14.1. The summed E-state index contributed by atoms with van der Waals surface area (Å²) < 4.78 is 14.5. The standard InChI is InChI=1S/C23H19FN4O/c1-16-7-9-18(10-8-16)21-26-23(25-15-17-5-3-2-4-6-17)28(27-21)22(29)19-11-13-20(24)14-12-19/h2-14H,15H2,1H3,(H,25,26,27). The Morgan fingerprint density at radius 3 is 2.34 bits per heavy atom. The number of hydrogen-bond donors (Lipinski definition) is 1. The average Bonchev–Trinajstić information content (AvgIpc) is 3.18. The van der Waals surface area contributed by atoms with E-state index in [4.69, 9.17) is 0 Å². The first-order valence-electron chi connectivity index (χ1n) is 9.22. The molecule has 4 aromatic rings. The van der Waals surface area contributed by atoms with E-state index in [-0.39, 0.29) is 5.91 Å². The predicted molar refractivity (Wildman–Crippen MR) is 110 cm³/mol. The van der Waals surface area contributed by atoms with Crippen molar-refractivity contribution < 1.29 is 9.18 Å². The van der Waals surface area contributed by atoms with Gasteiger partial charge < -0.3 is 5.32 Å². The molecule has 1 aromatic heterocycles. The number of carbonyl (C=O) groups is 1. The Labute approximate surface area is 167 Å². The van der Waals surface area contributed by atoms with Crippen molar-refractivity contribution in [2.24, 2.45) is 0 Å². The maximum absolute atomic E-state index is 13.2. The third-order valence-corrected chi connectivity index (χ3v) is 4.49. The maximum atomic E-state index is 13.2. The minimum Gasteiger partial charge on any atom is -0.350 e. The summed E-state index contributed by atoms with van der Waals surface area (Å²) in [6, 6.07) is 22.9. The van der Waals surface area contributed by atoms with Crippen LogP contribution >= 0.6 is 0 Å². The summed E-state index contributed by atoms with van der Waals surface area (Å²) in [5.41, 5.74) is 3.31. The van der Waals surface area contributed by atoms with Gasteiger partial charge in [-0.15, -0.1) is 5.10 Å². The second kappa shape index (κ2) is 8.06. The van der Waals surface area contributed by atoms with Crippen molar-refractivity contribution in [2.75, 3.05) is 5.32 Å². The second-order valence-electron chi connectivity index (χ2n) is 6.69. The summed E-state index contributed by atoms with van der Waals surface area (Å²) >= 11 is 0. The van der Waals surface area contributed by atoms with Crippen LogP contribution in [0.15, 0.2) is 78.9 Å². The molecule has 0 saturated carbocycles. The van der Waals surface area contributed by atoms with E-state index in [1.165, 1.54) is 28.9 Å². The summed E-state index contributed by atoms with van der Waals surface area (Å²) in [6.45, 7) is 2.49. The maximum Gasteiger partial charge on any atom is 0.281 e. The number of aryl methyl sites for hydroxylation is 1. The molecule has 0 aliphatic heterocycles. The van der Waals surface area contributed by atoms with Crippen LogP contribution in [0.5, 0.6) is 0 Å². The normalized spacial score (nSPS) is 10.7. The molecule has 1 heterocycles. The lowest BCUT2D eigenvalue weighted by Crippen LogP contribution is -2.17. The fourth-order valence-corrected chi connectivity index (χ4v) is 2.88. The number of rotatable bonds is 5. The van der Waals surface area contributed by atoms with Crippen LogP contribution in [-0.2, 0) is 6.54 Å². The minimum absolute atomic E-state index is 0.328. The third kappa shape index (κ3) is 4.21. The van der Waals surface area contributed by atoms with Crippen LogP contribution in [0.25, 0.3) is 11.4 Å². The van der Waals surface area contributed by atoms with Gasteiger partial charge in [-0.1, -0.05) is 60.2 Å². The largest absolute Gasteiger partial charge is 0.350 e. The van der Waals surface area contributed by atoms with Crippen LogP contribution in [0.3, 0.4) is 0 Å². The number of nitrogens with one attached hydrogen (secondary N) is 1. The van der Waals surface area contributed by atoms with Crippen LogP contribution in [0.2, 0.25) is 0 Å². The van der Waals surface area contributed by atoms with Gasteiger partial charge in [-0.05, 0) is 36.8 Å². The first kappa shape index (κ1) is 18.6. The molecule has 0 radical (unpaired) electrons. The monoisotopic (exact) mass is 386 g/mol. The van der Waals surface area contributed by atoms with Gasteiger partial charge in [0.15, 0.2) is 5.82 Å². The molecule has 0 bridgehead atoms. The Bertz CT molecular complexity index is 1120. The number of nitrogens with zero attached hydrogens (tertiary/aromatic N) is 3. The number of carbonyl (C=O) groups excluding carboxylic acids is 1. The smallest absolute Gasteiger partial charge is 0.281 e. The van der Waals surface area contributed by atoms with E-state index in [2.05, 4.69) is 15.4 Å². The number of hydrogen-bond acceptors (Lipinski definition) is 4. The molecule has 0 unspecified atom stereocenters. The molecule has 5 nitrogen and oxygen atoms in total. The summed E-state index contributed by atoms with van der Waals surface area (Å²) in [5, 5.41) is 7.61. The molecule has 0 aliphatic rings. The van der Waals surface area contributed by atoms with Crippen LogP contribution in [-0.4, -0.2) is 20.7 Å². The number of benzene rings is 3. The molecule has 0 aliphatic carbocycles. The molecular formula is C23H19FN4O. The van der Waals surface area contributed by atoms with Crippen LogP contribution in [0.1, 0.15) is 21.5 Å². The van der Waals surface area contributed by atoms with Crippen molar-refractivity contribution >= 4 is 11.9 Å². The highest BCUT2D eigenvalue weighted by molar-refractivity contribution is 5.97. The van der Waals surface area contributed by atoms with Gasteiger partial charge in [0.05, 0.1) is 0 Å². The summed E-state index contributed by atoms with van der Waals surface area (Å²) in [7, 11) is 0. The second-order valence-corrected chi connectivity index (χ2v) is 6.69. The molecule has 0 spiro atoms. The van der Waals surface area contributed by atoms with Gasteiger partial charge in [0.1, 0.15) is 5.82 Å². The molecule has 1 N–H and O–H groups in total. The highest BCUT2D eigenvalue weighted by atomic mass is 19.1. The summed E-state index contributed by atoms with van der Waals surface area (Å²) in [6.07, 6.45) is 0. The molecule has 0 atom stereocenters. The number of anilines is 1. The summed E-state index contributed by atoms with van der Waals surface area (Å²) in [5.74, 6) is -0.0101. The fourth-order valence-electron chi connectivity index (χ4n) is 2.88. The zero-order valence-corrected chi connectivity index (χ0v) is 15.8. The molecule has 0 fully saturated rings. The van der Waals surface area contributed by atoms with Crippen LogP contribution < -0.4 is 5.32 Å². The Morgan fingerprint density at radius 1 is 0.966 bits per heavy atom. The third-order valence-electron chi connectivity index (χ3n) is 4.49. The average molecular weight is 386 g/mol. The lowest BCUT2D eigenvalue weighted by molar-refractivity contribution is 0.0947. The molecule has 144 valence electrons. The quantitative estimate of drug-likeness (QED) is 0.540. The van der Waals surface area contributed by atoms with E-state index in [0.29, 0.717) is 23.9 Å². The Balaban J connectivity index is 1.69. The summed E-state index contributed by atoms with van der Waals surface area (Å²) in [4.78, 5) is 17.5. The van der Waals surface area contributed by atoms with E-state index in [9.17, 15) is 9.18 Å². The highest BCUT2D eigenvalue weighted by Crippen LogP contribution is 2.20. The lowest BCUT2D eigenvalue weighted by Gasteiger charge is -2.07. The lowest BCUT2D eigenvalue weighted by atomic mass is 10.1. The van der Waals surface area contributed by atoms with Crippen molar-refractivity contribution in [3.05, 3.63) is 101 Å². The molecule has 0 amide bonds. The van der Waals surface area contributed by atoms with Crippen LogP contribution in [0, 0.1) is 12.7 Å². The van der Waals surface area contributed by atoms with E-state index >= 15 is 0 Å². The molecule has 3 aromatic carbocycles. The SMILES string of the molecule is Cc1ccc(-c2nc(NCc3ccccc3)n(C(=O)c3ccc(F)cc3)n2)cc1. The molecule has 4 rings (SSSR count). The number of aromatic nitrogens is 3. The molecular weight excluding hydrogens is 367 g/mol. The predicted octanol–water partition coefficient (Wildman–Crippen LogP) is 4.69. The van der Waals surface area contributed by atoms with Gasteiger partial charge in [0.25, 0.3) is 5.91 Å². The molecule has 0 saturated heterocycles. The highest BCUT2D eigenvalue weighted by Gasteiger charge is 2.19. The zero-order valence-electron chi connectivity index (χ0n) is 15.8. The first-order valence-corrected chi connectivity index (χ1v) is 9.22. The van der Waals surface area contributed by atoms with Crippen molar-refractivity contribution in [3.8, 4) is 11.4 Å². The van der Waals surface area contributed by atoms with E-state index in [1.807, 2.05) is 61.5 Å². The van der Waals surface area contributed by atoms with Gasteiger partial charge in [-0.25, -0.2) is 4.39 Å². The van der Waals surface area contributed by atoms with E-state index < -0.39 is 5.82 Å². The van der Waals surface area contributed by atoms with Gasteiger partial charge in [0, 0.05) is 17.7 Å². The van der Waals surface area contributed by atoms with E-state index in [0.717, 1.165) is 16.7 Å². The Hall–Kier alpha value is -3.80. The molecule has 6 heteroatoms. The van der Waals surface area contributed by atoms with Gasteiger partial charge in [-0.2, -0.15) is 9.67 Å². The zero-order chi connectivity index (χ0) is 20.2. The van der Waals surface area contributed by atoms with E-state index in [1.54, 1.807) is 0 Å².